The lowest BCUT2D eigenvalue weighted by atomic mass is 10.2. The molecular weight excluding hydrogens is 378 g/mol. The zero-order chi connectivity index (χ0) is 18.1. The molecule has 136 valence electrons. The molecule has 0 aliphatic heterocycles. The Labute approximate surface area is 164 Å². The van der Waals surface area contributed by atoms with Crippen LogP contribution in [0.4, 0.5) is 0 Å². The fraction of sp³-hybridized carbons (Fsp3) is 0.263. The van der Waals surface area contributed by atoms with Gasteiger partial charge in [0.05, 0.1) is 5.75 Å². The Morgan fingerprint density at radius 1 is 1.11 bits per heavy atom. The molecule has 1 saturated carbocycles. The third-order valence-electron chi connectivity index (χ3n) is 4.38. The van der Waals surface area contributed by atoms with Gasteiger partial charge in [-0.2, -0.15) is 4.98 Å². The van der Waals surface area contributed by atoms with E-state index in [2.05, 4.69) is 42.4 Å². The molecule has 0 radical (unpaired) electrons. The van der Waals surface area contributed by atoms with Crippen LogP contribution in [0.15, 0.2) is 57.5 Å². The molecule has 5 rings (SSSR count). The summed E-state index contributed by atoms with van der Waals surface area (Å²) in [5.74, 6) is 2.85. The minimum atomic E-state index is 0.528. The maximum atomic E-state index is 5.41. The number of hydrogen-bond acceptors (Lipinski definition) is 7. The average molecular weight is 396 g/mol. The van der Waals surface area contributed by atoms with Crippen molar-refractivity contribution in [3.05, 3.63) is 64.4 Å². The van der Waals surface area contributed by atoms with Crippen LogP contribution in [-0.2, 0) is 12.2 Å². The molecule has 3 aromatic heterocycles. The Balaban J connectivity index is 1.31. The summed E-state index contributed by atoms with van der Waals surface area (Å²) in [6.07, 6.45) is 3.23. The monoisotopic (exact) mass is 395 g/mol. The summed E-state index contributed by atoms with van der Waals surface area (Å²) in [7, 11) is 0. The van der Waals surface area contributed by atoms with Crippen molar-refractivity contribution >= 4 is 23.1 Å². The first-order valence-electron chi connectivity index (χ1n) is 8.84. The highest BCUT2D eigenvalue weighted by molar-refractivity contribution is 7.98. The van der Waals surface area contributed by atoms with Crippen molar-refractivity contribution in [1.29, 1.82) is 0 Å². The highest BCUT2D eigenvalue weighted by atomic mass is 32.2. The van der Waals surface area contributed by atoms with E-state index >= 15 is 0 Å². The van der Waals surface area contributed by atoms with Crippen molar-refractivity contribution in [2.45, 2.75) is 36.2 Å². The van der Waals surface area contributed by atoms with Gasteiger partial charge >= 0.3 is 0 Å². The van der Waals surface area contributed by atoms with Crippen molar-refractivity contribution in [3.8, 4) is 11.4 Å². The van der Waals surface area contributed by atoms with E-state index in [9.17, 15) is 0 Å². The molecule has 27 heavy (non-hydrogen) atoms. The standard InChI is InChI=1S/C19H17N5OS2/c1-2-5-13(6-3-1)18-20-17(25-23-18)12-27-19-22-21-16(24(19)14-8-9-14)11-15-7-4-10-26-15/h1-7,10,14H,8-9,11-12H2. The molecule has 1 aliphatic carbocycles. The van der Waals surface area contributed by atoms with Crippen molar-refractivity contribution in [3.63, 3.8) is 0 Å². The molecule has 0 bridgehead atoms. The Hall–Kier alpha value is -2.45. The van der Waals surface area contributed by atoms with E-state index < -0.39 is 0 Å². The summed E-state index contributed by atoms with van der Waals surface area (Å²) in [5.41, 5.74) is 0.955. The third kappa shape index (κ3) is 3.68. The van der Waals surface area contributed by atoms with Crippen molar-refractivity contribution in [2.75, 3.05) is 0 Å². The molecule has 0 saturated heterocycles. The molecule has 1 aliphatic rings. The van der Waals surface area contributed by atoms with Gasteiger partial charge in [0.25, 0.3) is 0 Å². The lowest BCUT2D eigenvalue weighted by molar-refractivity contribution is 0.391. The second-order valence-corrected chi connectivity index (χ2v) is 8.40. The molecule has 8 heteroatoms. The van der Waals surface area contributed by atoms with E-state index in [4.69, 9.17) is 4.52 Å². The first kappa shape index (κ1) is 16.7. The van der Waals surface area contributed by atoms with E-state index in [0.29, 0.717) is 23.5 Å². The highest BCUT2D eigenvalue weighted by Gasteiger charge is 2.30. The van der Waals surface area contributed by atoms with Crippen LogP contribution in [0, 0.1) is 0 Å². The van der Waals surface area contributed by atoms with Gasteiger partial charge in [-0.1, -0.05) is 53.3 Å². The zero-order valence-corrected chi connectivity index (χ0v) is 16.1. The first-order chi connectivity index (χ1) is 13.4. The lowest BCUT2D eigenvalue weighted by Gasteiger charge is -2.07. The smallest absolute Gasteiger partial charge is 0.237 e. The van der Waals surface area contributed by atoms with Gasteiger partial charge in [0.2, 0.25) is 11.7 Å². The third-order valence-corrected chi connectivity index (χ3v) is 6.19. The van der Waals surface area contributed by atoms with E-state index in [1.807, 2.05) is 30.3 Å². The van der Waals surface area contributed by atoms with Crippen molar-refractivity contribution < 1.29 is 4.52 Å². The number of aromatic nitrogens is 5. The first-order valence-corrected chi connectivity index (χ1v) is 10.7. The molecule has 3 heterocycles. The number of thiophene rings is 1. The highest BCUT2D eigenvalue weighted by Crippen LogP contribution is 2.39. The summed E-state index contributed by atoms with van der Waals surface area (Å²) in [6.45, 7) is 0. The Bertz CT molecular complexity index is 1020. The molecule has 1 aromatic carbocycles. The maximum Gasteiger partial charge on any atom is 0.237 e. The van der Waals surface area contributed by atoms with Gasteiger partial charge in [-0.05, 0) is 24.3 Å². The quantitative estimate of drug-likeness (QED) is 0.426. The molecular formula is C19H17N5OS2. The fourth-order valence-corrected chi connectivity index (χ4v) is 4.50. The van der Waals surface area contributed by atoms with E-state index in [0.717, 1.165) is 23.0 Å². The molecule has 6 nitrogen and oxygen atoms in total. The van der Waals surface area contributed by atoms with Crippen molar-refractivity contribution in [2.24, 2.45) is 0 Å². The van der Waals surface area contributed by atoms with Crippen LogP contribution in [0.25, 0.3) is 11.4 Å². The van der Waals surface area contributed by atoms with Gasteiger partial charge in [0.15, 0.2) is 5.16 Å². The number of nitrogens with zero attached hydrogens (tertiary/aromatic N) is 5. The predicted octanol–water partition coefficient (Wildman–Crippen LogP) is 4.61. The summed E-state index contributed by atoms with van der Waals surface area (Å²) in [6, 6.07) is 14.6. The maximum absolute atomic E-state index is 5.41. The minimum absolute atomic E-state index is 0.528. The Kier molecular flexibility index (Phi) is 4.51. The molecule has 1 fully saturated rings. The largest absolute Gasteiger partial charge is 0.338 e. The molecule has 0 atom stereocenters. The summed E-state index contributed by atoms with van der Waals surface area (Å²) in [5, 5.41) is 16.0. The minimum Gasteiger partial charge on any atom is -0.338 e. The lowest BCUT2D eigenvalue weighted by Crippen LogP contribution is -2.03. The van der Waals surface area contributed by atoms with Gasteiger partial charge in [-0.15, -0.1) is 21.5 Å². The van der Waals surface area contributed by atoms with Crippen LogP contribution < -0.4 is 0 Å². The normalized spacial score (nSPS) is 13.9. The van der Waals surface area contributed by atoms with E-state index in [1.165, 1.54) is 17.7 Å². The van der Waals surface area contributed by atoms with Crippen LogP contribution in [-0.4, -0.2) is 24.9 Å². The second kappa shape index (κ2) is 7.28. The fourth-order valence-electron chi connectivity index (χ4n) is 2.94. The van der Waals surface area contributed by atoms with Gasteiger partial charge in [0, 0.05) is 22.9 Å². The number of hydrogen-bond donors (Lipinski definition) is 0. The van der Waals surface area contributed by atoms with Gasteiger partial charge in [0.1, 0.15) is 5.82 Å². The second-order valence-electron chi connectivity index (χ2n) is 6.42. The van der Waals surface area contributed by atoms with Gasteiger partial charge in [-0.25, -0.2) is 0 Å². The van der Waals surface area contributed by atoms with Gasteiger partial charge in [-0.3, -0.25) is 0 Å². The summed E-state index contributed by atoms with van der Waals surface area (Å²) in [4.78, 5) is 5.81. The summed E-state index contributed by atoms with van der Waals surface area (Å²) < 4.78 is 7.70. The van der Waals surface area contributed by atoms with Crippen LogP contribution in [0.3, 0.4) is 0 Å². The topological polar surface area (TPSA) is 69.6 Å². The number of benzene rings is 1. The molecule has 0 amide bonds. The van der Waals surface area contributed by atoms with Gasteiger partial charge < -0.3 is 9.09 Å². The zero-order valence-electron chi connectivity index (χ0n) is 14.5. The molecule has 0 unspecified atom stereocenters. The average Bonchev–Trinajstić information content (AvgIpc) is 3.11. The van der Waals surface area contributed by atoms with Crippen LogP contribution >= 0.6 is 23.1 Å². The number of rotatable bonds is 7. The molecule has 0 N–H and O–H groups in total. The predicted molar refractivity (Wildman–Crippen MR) is 105 cm³/mol. The number of thioether (sulfide) groups is 1. The summed E-state index contributed by atoms with van der Waals surface area (Å²) >= 11 is 3.36. The Morgan fingerprint density at radius 3 is 2.78 bits per heavy atom. The molecule has 4 aromatic rings. The van der Waals surface area contributed by atoms with E-state index in [-0.39, 0.29) is 0 Å². The van der Waals surface area contributed by atoms with E-state index in [1.54, 1.807) is 23.1 Å². The van der Waals surface area contributed by atoms with Crippen LogP contribution in [0.5, 0.6) is 0 Å². The SMILES string of the molecule is c1ccc(-c2noc(CSc3nnc(Cc4cccs4)n3C3CC3)n2)cc1. The van der Waals surface area contributed by atoms with Crippen molar-refractivity contribution in [1.82, 2.24) is 24.9 Å². The molecule has 0 spiro atoms. The van der Waals surface area contributed by atoms with Crippen LogP contribution in [0.1, 0.15) is 35.5 Å². The van der Waals surface area contributed by atoms with Crippen LogP contribution in [0.2, 0.25) is 0 Å². The Morgan fingerprint density at radius 2 is 2.00 bits per heavy atom.